The quantitative estimate of drug-likeness (QED) is 0.825. The number of carbonyl (C=O) groups is 1. The molecule has 1 aromatic heterocycles. The molecule has 0 radical (unpaired) electrons. The zero-order valence-electron chi connectivity index (χ0n) is 8.18. The second-order valence-corrected chi connectivity index (χ2v) is 4.55. The van der Waals surface area contributed by atoms with Gasteiger partial charge < -0.3 is 9.63 Å². The Morgan fingerprint density at radius 1 is 1.60 bits per heavy atom. The lowest BCUT2D eigenvalue weighted by molar-refractivity contribution is -0.133. The minimum absolute atomic E-state index is 0.0706. The van der Waals surface area contributed by atoms with E-state index in [1.165, 1.54) is 18.2 Å². The maximum Gasteiger partial charge on any atom is 0.313 e. The molecule has 0 spiro atoms. The van der Waals surface area contributed by atoms with E-state index in [-0.39, 0.29) is 5.75 Å². The summed E-state index contributed by atoms with van der Waals surface area (Å²) in [4.78, 5) is 14.5. The van der Waals surface area contributed by atoms with Gasteiger partial charge in [0.25, 0.3) is 0 Å². The summed E-state index contributed by atoms with van der Waals surface area (Å²) in [5.41, 5.74) is 0. The van der Waals surface area contributed by atoms with E-state index in [0.29, 0.717) is 17.6 Å². The molecule has 0 atom stereocenters. The Kier molecular flexibility index (Phi) is 3.25. The largest absolute Gasteiger partial charge is 0.481 e. The van der Waals surface area contributed by atoms with Crippen LogP contribution in [0.2, 0.25) is 0 Å². The van der Waals surface area contributed by atoms with Gasteiger partial charge in [-0.25, -0.2) is 0 Å². The number of aromatic nitrogens is 2. The van der Waals surface area contributed by atoms with Crippen LogP contribution in [0.25, 0.3) is 0 Å². The summed E-state index contributed by atoms with van der Waals surface area (Å²) in [7, 11) is 0. The van der Waals surface area contributed by atoms with E-state index in [2.05, 4.69) is 10.1 Å². The smallest absolute Gasteiger partial charge is 0.313 e. The summed E-state index contributed by atoms with van der Waals surface area (Å²) in [5.74, 6) is 1.51. The molecule has 6 heteroatoms. The standard InChI is InChI=1S/C9H12N2O3S/c12-8(13)5-15-4-7-10-9(11-14-7)6-2-1-3-6/h6H,1-5H2,(H,12,13). The summed E-state index contributed by atoms with van der Waals surface area (Å²) in [6.45, 7) is 0. The fourth-order valence-electron chi connectivity index (χ4n) is 1.38. The molecular weight excluding hydrogens is 216 g/mol. The molecule has 15 heavy (non-hydrogen) atoms. The van der Waals surface area contributed by atoms with Crippen molar-refractivity contribution < 1.29 is 14.4 Å². The minimum Gasteiger partial charge on any atom is -0.481 e. The van der Waals surface area contributed by atoms with Crippen LogP contribution in [-0.4, -0.2) is 27.0 Å². The molecule has 1 N–H and O–H groups in total. The van der Waals surface area contributed by atoms with Gasteiger partial charge in [0.2, 0.25) is 5.89 Å². The molecule has 0 bridgehead atoms. The molecule has 1 heterocycles. The van der Waals surface area contributed by atoms with Crippen molar-refractivity contribution >= 4 is 17.7 Å². The van der Waals surface area contributed by atoms with Crippen LogP contribution in [0.5, 0.6) is 0 Å². The van der Waals surface area contributed by atoms with Gasteiger partial charge in [-0.3, -0.25) is 4.79 Å². The van der Waals surface area contributed by atoms with E-state index in [4.69, 9.17) is 9.63 Å². The fraction of sp³-hybridized carbons (Fsp3) is 0.667. The van der Waals surface area contributed by atoms with Gasteiger partial charge in [-0.1, -0.05) is 11.6 Å². The van der Waals surface area contributed by atoms with Crippen LogP contribution in [0.15, 0.2) is 4.52 Å². The molecule has 0 saturated heterocycles. The molecule has 2 rings (SSSR count). The van der Waals surface area contributed by atoms with Gasteiger partial charge in [0.15, 0.2) is 5.82 Å². The van der Waals surface area contributed by atoms with Crippen molar-refractivity contribution in [1.82, 2.24) is 10.1 Å². The first-order valence-electron chi connectivity index (χ1n) is 4.87. The molecule has 0 aliphatic heterocycles. The summed E-state index contributed by atoms with van der Waals surface area (Å²) in [6, 6.07) is 0. The summed E-state index contributed by atoms with van der Waals surface area (Å²) in [6.07, 6.45) is 3.52. The van der Waals surface area contributed by atoms with Gasteiger partial charge in [0.1, 0.15) is 0 Å². The lowest BCUT2D eigenvalue weighted by atomic mass is 9.85. The van der Waals surface area contributed by atoms with E-state index in [0.717, 1.165) is 18.7 Å². The van der Waals surface area contributed by atoms with E-state index >= 15 is 0 Å². The number of hydrogen-bond donors (Lipinski definition) is 1. The lowest BCUT2D eigenvalue weighted by Gasteiger charge is -2.20. The first-order valence-corrected chi connectivity index (χ1v) is 6.03. The maximum atomic E-state index is 10.3. The normalized spacial score (nSPS) is 16.3. The minimum atomic E-state index is -0.821. The highest BCUT2D eigenvalue weighted by molar-refractivity contribution is 7.99. The molecular formula is C9H12N2O3S. The average Bonchev–Trinajstić information content (AvgIpc) is 2.49. The van der Waals surface area contributed by atoms with Crippen molar-refractivity contribution in [2.75, 3.05) is 5.75 Å². The monoisotopic (exact) mass is 228 g/mol. The molecule has 0 aromatic carbocycles. The number of hydrogen-bond acceptors (Lipinski definition) is 5. The van der Waals surface area contributed by atoms with E-state index in [1.54, 1.807) is 0 Å². The molecule has 0 amide bonds. The van der Waals surface area contributed by atoms with Crippen LogP contribution in [0.3, 0.4) is 0 Å². The predicted molar refractivity (Wildman–Crippen MR) is 54.7 cm³/mol. The Balaban J connectivity index is 1.81. The van der Waals surface area contributed by atoms with Crippen molar-refractivity contribution in [3.05, 3.63) is 11.7 Å². The third kappa shape index (κ3) is 2.71. The number of nitrogens with zero attached hydrogens (tertiary/aromatic N) is 2. The maximum absolute atomic E-state index is 10.3. The van der Waals surface area contributed by atoms with Gasteiger partial charge >= 0.3 is 5.97 Å². The van der Waals surface area contributed by atoms with Crippen molar-refractivity contribution in [2.24, 2.45) is 0 Å². The van der Waals surface area contributed by atoms with E-state index in [9.17, 15) is 4.79 Å². The molecule has 82 valence electrons. The topological polar surface area (TPSA) is 76.2 Å². The van der Waals surface area contributed by atoms with Gasteiger partial charge in [-0.2, -0.15) is 4.98 Å². The van der Waals surface area contributed by atoms with Gasteiger partial charge in [-0.05, 0) is 12.8 Å². The zero-order valence-corrected chi connectivity index (χ0v) is 9.00. The highest BCUT2D eigenvalue weighted by Gasteiger charge is 2.24. The van der Waals surface area contributed by atoms with Crippen LogP contribution in [0.4, 0.5) is 0 Å². The van der Waals surface area contributed by atoms with Crippen molar-refractivity contribution in [3.63, 3.8) is 0 Å². The first kappa shape index (κ1) is 10.5. The van der Waals surface area contributed by atoms with Gasteiger partial charge in [0.05, 0.1) is 11.5 Å². The fourth-order valence-corrected chi connectivity index (χ4v) is 1.95. The highest BCUT2D eigenvalue weighted by atomic mass is 32.2. The Morgan fingerprint density at radius 3 is 3.00 bits per heavy atom. The molecule has 1 fully saturated rings. The second kappa shape index (κ2) is 4.65. The lowest BCUT2D eigenvalue weighted by Crippen LogP contribution is -2.10. The first-order chi connectivity index (χ1) is 7.25. The average molecular weight is 228 g/mol. The Morgan fingerprint density at radius 2 is 2.40 bits per heavy atom. The van der Waals surface area contributed by atoms with Gasteiger partial charge in [-0.15, -0.1) is 11.8 Å². The Bertz CT molecular complexity index is 349. The Hall–Kier alpha value is -1.04. The van der Waals surface area contributed by atoms with Crippen molar-refractivity contribution in [1.29, 1.82) is 0 Å². The predicted octanol–water partition coefficient (Wildman–Crippen LogP) is 1.65. The van der Waals surface area contributed by atoms with Crippen LogP contribution >= 0.6 is 11.8 Å². The molecule has 1 saturated carbocycles. The third-order valence-corrected chi connectivity index (χ3v) is 3.31. The molecule has 1 aliphatic carbocycles. The zero-order chi connectivity index (χ0) is 10.7. The number of rotatable bonds is 5. The van der Waals surface area contributed by atoms with E-state index < -0.39 is 5.97 Å². The number of thioether (sulfide) groups is 1. The molecule has 0 unspecified atom stereocenters. The molecule has 5 nitrogen and oxygen atoms in total. The van der Waals surface area contributed by atoms with Crippen LogP contribution in [-0.2, 0) is 10.5 Å². The highest BCUT2D eigenvalue weighted by Crippen LogP contribution is 2.34. The van der Waals surface area contributed by atoms with Crippen LogP contribution in [0, 0.1) is 0 Å². The number of carboxylic acid groups (broad SMARTS) is 1. The summed E-state index contributed by atoms with van der Waals surface area (Å²) < 4.78 is 5.03. The SMILES string of the molecule is O=C(O)CSCc1nc(C2CCC2)no1. The Labute approximate surface area is 91.2 Å². The van der Waals surface area contributed by atoms with E-state index in [1.807, 2.05) is 0 Å². The summed E-state index contributed by atoms with van der Waals surface area (Å²) >= 11 is 1.27. The molecule has 1 aliphatic rings. The number of aliphatic carboxylic acids is 1. The second-order valence-electron chi connectivity index (χ2n) is 3.56. The third-order valence-electron chi connectivity index (χ3n) is 2.41. The van der Waals surface area contributed by atoms with Crippen molar-refractivity contribution in [2.45, 2.75) is 30.9 Å². The van der Waals surface area contributed by atoms with Crippen LogP contribution in [0.1, 0.15) is 36.9 Å². The van der Waals surface area contributed by atoms with Crippen molar-refractivity contribution in [3.8, 4) is 0 Å². The van der Waals surface area contributed by atoms with Crippen LogP contribution < -0.4 is 0 Å². The summed E-state index contributed by atoms with van der Waals surface area (Å²) in [5, 5.41) is 12.3. The molecule has 1 aromatic rings. The number of carboxylic acids is 1. The van der Waals surface area contributed by atoms with Gasteiger partial charge in [0, 0.05) is 5.92 Å².